The van der Waals surface area contributed by atoms with E-state index in [0.29, 0.717) is 18.1 Å². The Morgan fingerprint density at radius 1 is 1.28 bits per heavy atom. The number of rotatable bonds is 7. The lowest BCUT2D eigenvalue weighted by Gasteiger charge is -2.40. The van der Waals surface area contributed by atoms with Gasteiger partial charge in [0.15, 0.2) is 5.96 Å². The van der Waals surface area contributed by atoms with Gasteiger partial charge in [-0.3, -0.25) is 4.99 Å². The Labute approximate surface area is 188 Å². The minimum absolute atomic E-state index is 0. The van der Waals surface area contributed by atoms with Gasteiger partial charge in [0, 0.05) is 32.4 Å². The molecule has 0 bridgehead atoms. The Morgan fingerprint density at radius 3 is 2.62 bits per heavy atom. The van der Waals surface area contributed by atoms with Crippen LogP contribution in [0.15, 0.2) is 29.3 Å². The van der Waals surface area contributed by atoms with Crippen molar-refractivity contribution in [3.8, 4) is 11.8 Å². The van der Waals surface area contributed by atoms with Gasteiger partial charge in [0.25, 0.3) is 0 Å². The van der Waals surface area contributed by atoms with Gasteiger partial charge in [-0.1, -0.05) is 24.3 Å². The molecule has 162 valence electrons. The summed E-state index contributed by atoms with van der Waals surface area (Å²) in [5.74, 6) is 6.30. The van der Waals surface area contributed by atoms with Crippen LogP contribution in [0.2, 0.25) is 0 Å². The van der Waals surface area contributed by atoms with E-state index in [1.54, 1.807) is 13.2 Å². The van der Waals surface area contributed by atoms with Gasteiger partial charge in [-0.25, -0.2) is 0 Å². The summed E-state index contributed by atoms with van der Waals surface area (Å²) in [5, 5.41) is 6.30. The second-order valence-electron chi connectivity index (χ2n) is 7.03. The molecule has 29 heavy (non-hydrogen) atoms. The van der Waals surface area contributed by atoms with Crippen LogP contribution in [0.3, 0.4) is 0 Å². The molecule has 1 aliphatic rings. The highest BCUT2D eigenvalue weighted by Crippen LogP contribution is 2.44. The maximum absolute atomic E-state index is 12.7. The zero-order valence-corrected chi connectivity index (χ0v) is 19.2. The molecule has 0 saturated heterocycles. The fraction of sp³-hybridized carbons (Fsp3) is 0.571. The number of halogens is 4. The molecule has 0 spiro atoms. The van der Waals surface area contributed by atoms with Gasteiger partial charge in [0.2, 0.25) is 0 Å². The second kappa shape index (κ2) is 12.3. The van der Waals surface area contributed by atoms with Crippen molar-refractivity contribution >= 4 is 29.9 Å². The number of guanidine groups is 1. The van der Waals surface area contributed by atoms with E-state index < -0.39 is 11.7 Å². The molecule has 0 atom stereocenters. The second-order valence-corrected chi connectivity index (χ2v) is 7.03. The molecule has 0 radical (unpaired) electrons. The topological polar surface area (TPSA) is 45.7 Å². The van der Waals surface area contributed by atoms with E-state index in [-0.39, 0.29) is 29.4 Å². The van der Waals surface area contributed by atoms with Crippen molar-refractivity contribution in [2.75, 3.05) is 33.4 Å². The maximum atomic E-state index is 12.7. The van der Waals surface area contributed by atoms with Crippen molar-refractivity contribution < 1.29 is 17.9 Å². The number of alkyl halides is 3. The maximum Gasteiger partial charge on any atom is 0.416 e. The van der Waals surface area contributed by atoms with E-state index in [4.69, 9.17) is 4.74 Å². The number of nitrogens with zero attached hydrogens (tertiary/aromatic N) is 1. The van der Waals surface area contributed by atoms with Crippen LogP contribution in [0.1, 0.15) is 43.7 Å². The number of hydrogen-bond donors (Lipinski definition) is 2. The van der Waals surface area contributed by atoms with Crippen LogP contribution in [-0.2, 0) is 10.9 Å². The van der Waals surface area contributed by atoms with Crippen molar-refractivity contribution in [1.29, 1.82) is 0 Å². The third-order valence-electron chi connectivity index (χ3n) is 4.93. The summed E-state index contributed by atoms with van der Waals surface area (Å²) < 4.78 is 43.5. The van der Waals surface area contributed by atoms with Gasteiger partial charge < -0.3 is 15.4 Å². The zero-order chi connectivity index (χ0) is 20.5. The number of nitrogens with one attached hydrogen (secondary N) is 2. The lowest BCUT2D eigenvalue weighted by atomic mass is 9.67. The van der Waals surface area contributed by atoms with Crippen LogP contribution in [0, 0.1) is 17.3 Å². The smallest absolute Gasteiger partial charge is 0.385 e. The molecule has 0 heterocycles. The molecule has 4 nitrogen and oxygen atoms in total. The minimum Gasteiger partial charge on any atom is -0.385 e. The summed E-state index contributed by atoms with van der Waals surface area (Å²) in [6.07, 6.45) is 0.192. The summed E-state index contributed by atoms with van der Waals surface area (Å²) in [6, 6.07) is 5.03. The molecule has 1 saturated carbocycles. The average Bonchev–Trinajstić information content (AvgIpc) is 2.63. The Hall–Kier alpha value is -1.47. The molecule has 2 N–H and O–H groups in total. The van der Waals surface area contributed by atoms with E-state index in [0.717, 1.165) is 51.1 Å². The lowest BCUT2D eigenvalue weighted by Crippen LogP contribution is -2.40. The van der Waals surface area contributed by atoms with E-state index >= 15 is 0 Å². The minimum atomic E-state index is -4.36. The van der Waals surface area contributed by atoms with Crippen molar-refractivity contribution in [1.82, 2.24) is 10.6 Å². The molecule has 1 fully saturated rings. The van der Waals surface area contributed by atoms with Crippen molar-refractivity contribution in [3.05, 3.63) is 35.4 Å². The molecule has 2 rings (SSSR count). The van der Waals surface area contributed by atoms with Crippen molar-refractivity contribution in [2.24, 2.45) is 10.4 Å². The van der Waals surface area contributed by atoms with Gasteiger partial charge in [-0.05, 0) is 49.8 Å². The number of ether oxygens (including phenoxy) is 1. The molecular formula is C21H29F3IN3O. The monoisotopic (exact) mass is 523 g/mol. The van der Waals surface area contributed by atoms with E-state index in [1.807, 2.05) is 6.92 Å². The Morgan fingerprint density at radius 2 is 2.03 bits per heavy atom. The normalized spacial score (nSPS) is 15.4. The molecule has 0 unspecified atom stereocenters. The molecule has 0 aromatic heterocycles. The standard InChI is InChI=1S/C21H28F3N3O.HI/c1-3-25-19(27-16-20(10-6-11-20)12-14-28-2)26-13-5-8-17-7-4-9-18(15-17)21(22,23)24;/h4,7,9,15H,3,6,10-14,16H2,1-2H3,(H2,25,26,27);1H. The quantitative estimate of drug-likeness (QED) is 0.241. The first-order valence-electron chi connectivity index (χ1n) is 9.56. The van der Waals surface area contributed by atoms with Crippen LogP contribution in [0.25, 0.3) is 0 Å². The first-order valence-corrected chi connectivity index (χ1v) is 9.56. The molecule has 1 aromatic rings. The van der Waals surface area contributed by atoms with Gasteiger partial charge in [0.1, 0.15) is 0 Å². The van der Waals surface area contributed by atoms with E-state index in [2.05, 4.69) is 27.5 Å². The Balaban J connectivity index is 0.00000420. The molecular weight excluding hydrogens is 494 g/mol. The molecule has 1 aromatic carbocycles. The summed E-state index contributed by atoms with van der Waals surface area (Å²) in [4.78, 5) is 4.67. The first-order chi connectivity index (χ1) is 13.4. The molecule has 0 amide bonds. The fourth-order valence-electron chi connectivity index (χ4n) is 3.12. The highest BCUT2D eigenvalue weighted by atomic mass is 127. The summed E-state index contributed by atoms with van der Waals surface area (Å²) in [5.41, 5.74) is -0.127. The van der Waals surface area contributed by atoms with Gasteiger partial charge >= 0.3 is 6.18 Å². The van der Waals surface area contributed by atoms with Crippen LogP contribution in [-0.4, -0.2) is 39.3 Å². The van der Waals surface area contributed by atoms with Gasteiger partial charge in [0.05, 0.1) is 12.1 Å². The molecule has 0 aliphatic heterocycles. The van der Waals surface area contributed by atoms with Crippen LogP contribution in [0.5, 0.6) is 0 Å². The van der Waals surface area contributed by atoms with E-state index in [9.17, 15) is 13.2 Å². The average molecular weight is 523 g/mol. The molecule has 8 heteroatoms. The SMILES string of the molecule is CCNC(=NCC1(CCOC)CCC1)NCC#Cc1cccc(C(F)(F)F)c1.I. The zero-order valence-electron chi connectivity index (χ0n) is 16.9. The third-order valence-corrected chi connectivity index (χ3v) is 4.93. The third kappa shape index (κ3) is 8.42. The molecule has 1 aliphatic carbocycles. The largest absolute Gasteiger partial charge is 0.416 e. The Kier molecular flexibility index (Phi) is 10.8. The Bertz CT molecular complexity index is 722. The summed E-state index contributed by atoms with van der Waals surface area (Å²) in [7, 11) is 1.71. The van der Waals surface area contributed by atoms with Crippen LogP contribution in [0.4, 0.5) is 13.2 Å². The summed E-state index contributed by atoms with van der Waals surface area (Å²) >= 11 is 0. The van der Waals surface area contributed by atoms with Crippen LogP contribution < -0.4 is 10.6 Å². The van der Waals surface area contributed by atoms with Crippen molar-refractivity contribution in [2.45, 2.75) is 38.8 Å². The highest BCUT2D eigenvalue weighted by Gasteiger charge is 2.36. The number of hydrogen-bond acceptors (Lipinski definition) is 2. The fourth-order valence-corrected chi connectivity index (χ4v) is 3.12. The van der Waals surface area contributed by atoms with E-state index in [1.165, 1.54) is 12.5 Å². The van der Waals surface area contributed by atoms with Gasteiger partial charge in [-0.15, -0.1) is 24.0 Å². The highest BCUT2D eigenvalue weighted by molar-refractivity contribution is 14.0. The van der Waals surface area contributed by atoms with Crippen molar-refractivity contribution in [3.63, 3.8) is 0 Å². The lowest BCUT2D eigenvalue weighted by molar-refractivity contribution is -0.137. The summed E-state index contributed by atoms with van der Waals surface area (Å²) in [6.45, 7) is 4.47. The van der Waals surface area contributed by atoms with Crippen LogP contribution >= 0.6 is 24.0 Å². The van der Waals surface area contributed by atoms with Gasteiger partial charge in [-0.2, -0.15) is 13.2 Å². The number of aliphatic imine (C=N–C) groups is 1. The number of benzene rings is 1. The predicted molar refractivity (Wildman–Crippen MR) is 120 cm³/mol. The first kappa shape index (κ1) is 25.6. The predicted octanol–water partition coefficient (Wildman–Crippen LogP) is 4.44. The number of methoxy groups -OCH3 is 1.